The molecule has 0 aliphatic carbocycles. The first-order valence-electron chi connectivity index (χ1n) is 12.0. The average molecular weight is 460 g/mol. The van der Waals surface area contributed by atoms with E-state index >= 15 is 0 Å². The normalized spacial score (nSPS) is 12.4. The Balaban J connectivity index is 2.53. The van der Waals surface area contributed by atoms with Crippen molar-refractivity contribution in [2.75, 3.05) is 13.2 Å². The molecule has 5 nitrogen and oxygen atoms in total. The summed E-state index contributed by atoms with van der Waals surface area (Å²) in [7, 11) is -1.94. The second-order valence-electron chi connectivity index (χ2n) is 9.49. The summed E-state index contributed by atoms with van der Waals surface area (Å²) in [6.07, 6.45) is 3.31. The van der Waals surface area contributed by atoms with Crippen LogP contribution in [0.4, 0.5) is 0 Å². The molecule has 1 aromatic carbocycles. The molecule has 0 bridgehead atoms. The number of aryl methyl sites for hydroxylation is 1. The van der Waals surface area contributed by atoms with Crippen LogP contribution in [0.15, 0.2) is 30.5 Å². The lowest BCUT2D eigenvalue weighted by Crippen LogP contribution is -2.51. The van der Waals surface area contributed by atoms with Crippen LogP contribution in [-0.4, -0.2) is 37.6 Å². The first-order chi connectivity index (χ1) is 15.1. The maximum absolute atomic E-state index is 12.5. The highest BCUT2D eigenvalue weighted by atomic mass is 28.3. The van der Waals surface area contributed by atoms with Gasteiger partial charge in [-0.1, -0.05) is 59.7 Å². The van der Waals surface area contributed by atoms with Crippen LogP contribution in [0.1, 0.15) is 67.4 Å². The number of rotatable bonds is 11. The molecule has 2 aromatic rings. The van der Waals surface area contributed by atoms with Crippen molar-refractivity contribution < 1.29 is 19.1 Å². The van der Waals surface area contributed by atoms with Crippen molar-refractivity contribution in [2.24, 2.45) is 5.92 Å². The van der Waals surface area contributed by atoms with Crippen molar-refractivity contribution in [3.8, 4) is 0 Å². The van der Waals surface area contributed by atoms with Gasteiger partial charge >= 0.3 is 11.9 Å². The Hall–Kier alpha value is -2.08. The summed E-state index contributed by atoms with van der Waals surface area (Å²) in [5.74, 6) is -1.88. The van der Waals surface area contributed by atoms with Gasteiger partial charge < -0.3 is 13.7 Å². The van der Waals surface area contributed by atoms with Gasteiger partial charge in [-0.2, -0.15) is 0 Å². The molecule has 0 N–H and O–H groups in total. The van der Waals surface area contributed by atoms with E-state index in [4.69, 9.17) is 9.47 Å². The van der Waals surface area contributed by atoms with E-state index in [0.717, 1.165) is 0 Å². The highest BCUT2D eigenvalue weighted by molar-refractivity contribution is 6.82. The summed E-state index contributed by atoms with van der Waals surface area (Å²) in [5.41, 5.74) is 4.14. The quantitative estimate of drug-likeness (QED) is 0.223. The standard InChI is InChI=1S/C26H41NO4Si/c1-9-30-25(28)23(26(29)31-10-2)16-15-21-17-27(24-14-12-11-13-22(21)24)32(18(3)4,19(5)6)20(7)8/h11-14,17-20,23H,9-10,15-16H2,1-8H3. The minimum Gasteiger partial charge on any atom is -0.465 e. The highest BCUT2D eigenvalue weighted by Crippen LogP contribution is 2.45. The van der Waals surface area contributed by atoms with Crippen LogP contribution >= 0.6 is 0 Å². The Morgan fingerprint density at radius 3 is 1.84 bits per heavy atom. The Morgan fingerprint density at radius 1 is 0.875 bits per heavy atom. The van der Waals surface area contributed by atoms with Crippen LogP contribution in [0.5, 0.6) is 0 Å². The number of hydrogen-bond acceptors (Lipinski definition) is 4. The first kappa shape index (κ1) is 26.2. The third-order valence-corrected chi connectivity index (χ3v) is 13.6. The van der Waals surface area contributed by atoms with Crippen molar-refractivity contribution in [1.82, 2.24) is 4.23 Å². The van der Waals surface area contributed by atoms with Gasteiger partial charge in [0.1, 0.15) is 0 Å². The maximum atomic E-state index is 12.5. The zero-order valence-corrected chi connectivity index (χ0v) is 22.1. The summed E-state index contributed by atoms with van der Waals surface area (Å²) < 4.78 is 12.9. The van der Waals surface area contributed by atoms with Crippen molar-refractivity contribution in [1.29, 1.82) is 0 Å². The van der Waals surface area contributed by atoms with Crippen LogP contribution in [0, 0.1) is 5.92 Å². The number of aromatic nitrogens is 1. The summed E-state index contributed by atoms with van der Waals surface area (Å²) in [5, 5.41) is 1.21. The Kier molecular flexibility index (Phi) is 9.14. The van der Waals surface area contributed by atoms with Gasteiger partial charge in [0, 0.05) is 10.9 Å². The van der Waals surface area contributed by atoms with E-state index in [1.54, 1.807) is 13.8 Å². The molecule has 0 amide bonds. The molecule has 0 spiro atoms. The van der Waals surface area contributed by atoms with E-state index in [2.05, 4.69) is 76.2 Å². The number of para-hydroxylation sites is 1. The molecule has 0 atom stereocenters. The number of benzene rings is 1. The Labute approximate surface area is 194 Å². The zero-order chi connectivity index (χ0) is 24.1. The Bertz CT molecular complexity index is 876. The van der Waals surface area contributed by atoms with Gasteiger partial charge in [-0.3, -0.25) is 9.59 Å². The average Bonchev–Trinajstić information content (AvgIpc) is 3.07. The smallest absolute Gasteiger partial charge is 0.320 e. The third-order valence-electron chi connectivity index (χ3n) is 6.83. The number of esters is 2. The van der Waals surface area contributed by atoms with Crippen molar-refractivity contribution in [2.45, 2.75) is 84.9 Å². The monoisotopic (exact) mass is 459 g/mol. The van der Waals surface area contributed by atoms with Gasteiger partial charge in [0.2, 0.25) is 0 Å². The first-order valence-corrected chi connectivity index (χ1v) is 14.2. The number of ether oxygens (including phenoxy) is 2. The largest absolute Gasteiger partial charge is 0.465 e. The molecule has 0 aliphatic heterocycles. The summed E-state index contributed by atoms with van der Waals surface area (Å²) in [6.45, 7) is 18.2. The number of hydrogen-bond donors (Lipinski definition) is 0. The fourth-order valence-corrected chi connectivity index (χ4v) is 12.4. The number of carbonyl (C=O) groups excluding carboxylic acids is 2. The molecule has 0 saturated carbocycles. The Morgan fingerprint density at radius 2 is 1.38 bits per heavy atom. The van der Waals surface area contributed by atoms with Gasteiger partial charge in [0.05, 0.1) is 13.2 Å². The van der Waals surface area contributed by atoms with Crippen molar-refractivity contribution in [3.05, 3.63) is 36.0 Å². The molecule has 0 fully saturated rings. The van der Waals surface area contributed by atoms with Crippen molar-refractivity contribution in [3.63, 3.8) is 0 Å². The second kappa shape index (κ2) is 11.2. The summed E-state index contributed by atoms with van der Waals surface area (Å²) in [4.78, 5) is 24.9. The fraction of sp³-hybridized carbons (Fsp3) is 0.615. The third kappa shape index (κ3) is 4.95. The molecular formula is C26H41NO4Si. The van der Waals surface area contributed by atoms with Crippen LogP contribution in [0.2, 0.25) is 16.6 Å². The van der Waals surface area contributed by atoms with Crippen LogP contribution in [0.25, 0.3) is 10.9 Å². The molecule has 0 aliphatic rings. The second-order valence-corrected chi connectivity index (χ2v) is 15.2. The van der Waals surface area contributed by atoms with Gasteiger partial charge in [-0.25, -0.2) is 0 Å². The molecular weight excluding hydrogens is 418 g/mol. The van der Waals surface area contributed by atoms with Gasteiger partial charge in [0.25, 0.3) is 0 Å². The SMILES string of the molecule is CCOC(=O)C(CCc1cn([Si](C(C)C)(C(C)C)C(C)C)c2ccccc12)C(=O)OCC. The lowest BCUT2D eigenvalue weighted by atomic mass is 9.99. The van der Waals surface area contributed by atoms with Gasteiger partial charge in [-0.05, 0) is 61.1 Å². The number of fused-ring (bicyclic) bond motifs is 1. The predicted octanol–water partition coefficient (Wildman–Crippen LogP) is 6.34. The van der Waals surface area contributed by atoms with Crippen LogP contribution < -0.4 is 0 Å². The molecule has 32 heavy (non-hydrogen) atoms. The molecule has 1 aromatic heterocycles. The van der Waals surface area contributed by atoms with Gasteiger partial charge in [0.15, 0.2) is 14.2 Å². The van der Waals surface area contributed by atoms with Gasteiger partial charge in [-0.15, -0.1) is 0 Å². The summed E-state index contributed by atoms with van der Waals surface area (Å²) >= 11 is 0. The maximum Gasteiger partial charge on any atom is 0.320 e. The minimum absolute atomic E-state index is 0.249. The van der Waals surface area contributed by atoms with Crippen molar-refractivity contribution >= 4 is 31.1 Å². The fourth-order valence-electron chi connectivity index (χ4n) is 5.72. The molecule has 2 rings (SSSR count). The van der Waals surface area contributed by atoms with E-state index in [1.807, 2.05) is 0 Å². The summed E-state index contributed by atoms with van der Waals surface area (Å²) in [6, 6.07) is 8.53. The molecule has 178 valence electrons. The molecule has 0 saturated heterocycles. The zero-order valence-electron chi connectivity index (χ0n) is 21.1. The van der Waals surface area contributed by atoms with E-state index in [0.29, 0.717) is 29.5 Å². The lowest BCUT2D eigenvalue weighted by molar-refractivity contribution is -0.161. The number of nitrogens with zero attached hydrogens (tertiary/aromatic N) is 1. The lowest BCUT2D eigenvalue weighted by Gasteiger charge is -2.44. The molecule has 1 heterocycles. The molecule has 0 unspecified atom stereocenters. The van der Waals surface area contributed by atoms with E-state index in [-0.39, 0.29) is 13.2 Å². The van der Waals surface area contributed by atoms with Crippen LogP contribution in [-0.2, 0) is 25.5 Å². The minimum atomic E-state index is -1.94. The highest BCUT2D eigenvalue weighted by Gasteiger charge is 2.46. The molecule has 0 radical (unpaired) electrons. The van der Waals surface area contributed by atoms with Crippen LogP contribution in [0.3, 0.4) is 0 Å². The van der Waals surface area contributed by atoms with E-state index in [9.17, 15) is 9.59 Å². The predicted molar refractivity (Wildman–Crippen MR) is 133 cm³/mol. The number of carbonyl (C=O) groups is 2. The molecule has 6 heteroatoms. The topological polar surface area (TPSA) is 57.5 Å². The van der Waals surface area contributed by atoms with E-state index < -0.39 is 26.1 Å². The van der Waals surface area contributed by atoms with E-state index in [1.165, 1.54) is 16.5 Å².